The second kappa shape index (κ2) is 5.14. The van der Waals surface area contributed by atoms with Gasteiger partial charge in [-0.15, -0.1) is 0 Å². The predicted molar refractivity (Wildman–Crippen MR) is 62.3 cm³/mol. The normalized spacial score (nSPS) is 19.6. The number of aliphatic hydroxyl groups is 1. The first-order chi connectivity index (χ1) is 8.59. The number of hydrogen-bond donors (Lipinski definition) is 2. The van der Waals surface area contributed by atoms with Crippen molar-refractivity contribution in [2.75, 3.05) is 13.1 Å². The van der Waals surface area contributed by atoms with E-state index in [0.717, 1.165) is 0 Å². The number of pyridine rings is 1. The van der Waals surface area contributed by atoms with Gasteiger partial charge in [-0.3, -0.25) is 9.78 Å². The quantitative estimate of drug-likeness (QED) is 0.791. The Labute approximate surface area is 104 Å². The summed E-state index contributed by atoms with van der Waals surface area (Å²) in [5.41, 5.74) is -0.179. The summed E-state index contributed by atoms with van der Waals surface area (Å²) in [6, 6.07) is 2.83. The maximum absolute atomic E-state index is 12.2. The molecule has 1 fully saturated rings. The van der Waals surface area contributed by atoms with Gasteiger partial charge in [0.1, 0.15) is 5.69 Å². The van der Waals surface area contributed by atoms with Crippen molar-refractivity contribution in [1.29, 1.82) is 0 Å². The van der Waals surface area contributed by atoms with Gasteiger partial charge in [0.25, 0.3) is 5.91 Å². The van der Waals surface area contributed by atoms with Crippen LogP contribution in [0.3, 0.4) is 0 Å². The number of carbonyl (C=O) groups excluding carboxylic acids is 1. The molecule has 6 heteroatoms. The van der Waals surface area contributed by atoms with Crippen LogP contribution in [0.2, 0.25) is 0 Å². The molecule has 1 unspecified atom stereocenters. The Morgan fingerprint density at radius 2 is 2.22 bits per heavy atom. The van der Waals surface area contributed by atoms with E-state index in [4.69, 9.17) is 5.11 Å². The highest BCUT2D eigenvalue weighted by Crippen LogP contribution is 2.15. The molecule has 0 radical (unpaired) electrons. The van der Waals surface area contributed by atoms with E-state index in [9.17, 15) is 14.7 Å². The maximum Gasteiger partial charge on any atom is 0.338 e. The van der Waals surface area contributed by atoms with E-state index in [2.05, 4.69) is 4.98 Å². The third-order valence-corrected chi connectivity index (χ3v) is 2.92. The van der Waals surface area contributed by atoms with E-state index >= 15 is 0 Å². The zero-order chi connectivity index (χ0) is 13.1. The third kappa shape index (κ3) is 2.48. The molecule has 1 aliphatic heterocycles. The molecule has 96 valence electrons. The van der Waals surface area contributed by atoms with Crippen molar-refractivity contribution in [2.24, 2.45) is 0 Å². The Morgan fingerprint density at radius 1 is 1.44 bits per heavy atom. The number of aliphatic hydroxyl groups excluding tert-OH is 1. The van der Waals surface area contributed by atoms with Crippen LogP contribution in [0.25, 0.3) is 0 Å². The number of rotatable bonds is 2. The van der Waals surface area contributed by atoms with Crippen molar-refractivity contribution in [3.8, 4) is 0 Å². The molecule has 0 aliphatic carbocycles. The number of piperidine rings is 1. The van der Waals surface area contributed by atoms with E-state index in [-0.39, 0.29) is 17.8 Å². The first-order valence-electron chi connectivity index (χ1n) is 5.75. The van der Waals surface area contributed by atoms with Crippen molar-refractivity contribution in [1.82, 2.24) is 9.88 Å². The number of carboxylic acids is 1. The molecule has 0 aromatic carbocycles. The number of carbonyl (C=O) groups is 2. The van der Waals surface area contributed by atoms with Crippen LogP contribution in [0.1, 0.15) is 33.7 Å². The first kappa shape index (κ1) is 12.5. The van der Waals surface area contributed by atoms with Crippen LogP contribution in [0.5, 0.6) is 0 Å². The molecule has 0 saturated carbocycles. The lowest BCUT2D eigenvalue weighted by molar-refractivity contribution is 0.0463. The van der Waals surface area contributed by atoms with Crippen molar-refractivity contribution in [3.63, 3.8) is 0 Å². The van der Waals surface area contributed by atoms with Crippen LogP contribution in [-0.4, -0.2) is 51.2 Å². The summed E-state index contributed by atoms with van der Waals surface area (Å²) < 4.78 is 0. The van der Waals surface area contributed by atoms with Crippen LogP contribution in [0, 0.1) is 0 Å². The van der Waals surface area contributed by atoms with Gasteiger partial charge in [-0.25, -0.2) is 4.79 Å². The summed E-state index contributed by atoms with van der Waals surface area (Å²) in [7, 11) is 0. The fourth-order valence-electron chi connectivity index (χ4n) is 2.04. The van der Waals surface area contributed by atoms with Crippen LogP contribution >= 0.6 is 0 Å². The Hall–Kier alpha value is -1.95. The topological polar surface area (TPSA) is 90.7 Å². The molecule has 2 N–H and O–H groups in total. The highest BCUT2D eigenvalue weighted by atomic mass is 16.4. The average molecular weight is 250 g/mol. The standard InChI is InChI=1S/C12H14N2O4/c15-8-3-2-6-14(7-8)11(16)10-9(12(17)18)4-1-5-13-10/h1,4-5,8,15H,2-3,6-7H2,(H,17,18). The summed E-state index contributed by atoms with van der Waals surface area (Å²) in [5.74, 6) is -1.62. The number of carboxylic acid groups (broad SMARTS) is 1. The van der Waals surface area contributed by atoms with Crippen molar-refractivity contribution < 1.29 is 19.8 Å². The van der Waals surface area contributed by atoms with Gasteiger partial charge in [-0.05, 0) is 25.0 Å². The zero-order valence-electron chi connectivity index (χ0n) is 9.74. The highest BCUT2D eigenvalue weighted by molar-refractivity contribution is 6.03. The number of aromatic nitrogens is 1. The van der Waals surface area contributed by atoms with Gasteiger partial charge in [0.15, 0.2) is 0 Å². The molecule has 18 heavy (non-hydrogen) atoms. The first-order valence-corrected chi connectivity index (χ1v) is 5.75. The number of β-amino-alcohol motifs (C(OH)–C–C–N with tert-alkyl or cyclic N) is 1. The van der Waals surface area contributed by atoms with Crippen molar-refractivity contribution in [3.05, 3.63) is 29.6 Å². The molecule has 1 aromatic rings. The fourth-order valence-corrected chi connectivity index (χ4v) is 2.04. The molecule has 1 saturated heterocycles. The molecule has 1 aliphatic rings. The monoisotopic (exact) mass is 250 g/mol. The molecule has 2 rings (SSSR count). The molecular weight excluding hydrogens is 236 g/mol. The number of likely N-dealkylation sites (tertiary alicyclic amines) is 1. The molecule has 6 nitrogen and oxygen atoms in total. The molecule has 0 bridgehead atoms. The lowest BCUT2D eigenvalue weighted by atomic mass is 10.1. The molecule has 1 aromatic heterocycles. The number of aromatic carboxylic acids is 1. The fraction of sp³-hybridized carbons (Fsp3) is 0.417. The zero-order valence-corrected chi connectivity index (χ0v) is 9.74. The van der Waals surface area contributed by atoms with Gasteiger partial charge >= 0.3 is 5.97 Å². The van der Waals surface area contributed by atoms with E-state index in [1.165, 1.54) is 23.2 Å². The van der Waals surface area contributed by atoms with E-state index in [1.54, 1.807) is 0 Å². The summed E-state index contributed by atoms with van der Waals surface area (Å²) >= 11 is 0. The molecule has 2 heterocycles. The summed E-state index contributed by atoms with van der Waals surface area (Å²) in [4.78, 5) is 28.5. The minimum atomic E-state index is -1.18. The Bertz CT molecular complexity index is 475. The number of hydrogen-bond acceptors (Lipinski definition) is 4. The van der Waals surface area contributed by atoms with Gasteiger partial charge in [0.2, 0.25) is 0 Å². The Kier molecular flexibility index (Phi) is 3.57. The van der Waals surface area contributed by atoms with Crippen LogP contribution < -0.4 is 0 Å². The average Bonchev–Trinajstić information content (AvgIpc) is 2.38. The summed E-state index contributed by atoms with van der Waals surface area (Å²) in [6.45, 7) is 0.750. The number of nitrogens with zero attached hydrogens (tertiary/aromatic N) is 2. The van der Waals surface area contributed by atoms with E-state index in [1.807, 2.05) is 0 Å². The minimum Gasteiger partial charge on any atom is -0.478 e. The Morgan fingerprint density at radius 3 is 2.89 bits per heavy atom. The van der Waals surface area contributed by atoms with Crippen LogP contribution in [0.15, 0.2) is 18.3 Å². The van der Waals surface area contributed by atoms with E-state index < -0.39 is 18.0 Å². The molecular formula is C12H14N2O4. The van der Waals surface area contributed by atoms with Gasteiger partial charge in [-0.2, -0.15) is 0 Å². The van der Waals surface area contributed by atoms with Gasteiger partial charge < -0.3 is 15.1 Å². The largest absolute Gasteiger partial charge is 0.478 e. The molecule has 1 amide bonds. The molecule has 1 atom stereocenters. The van der Waals surface area contributed by atoms with Gasteiger partial charge in [0, 0.05) is 19.3 Å². The summed E-state index contributed by atoms with van der Waals surface area (Å²) in [5, 5.41) is 18.5. The number of amides is 1. The van der Waals surface area contributed by atoms with Gasteiger partial charge in [-0.1, -0.05) is 0 Å². The van der Waals surface area contributed by atoms with E-state index in [0.29, 0.717) is 19.4 Å². The van der Waals surface area contributed by atoms with Crippen LogP contribution in [0.4, 0.5) is 0 Å². The minimum absolute atomic E-state index is 0.0703. The Balaban J connectivity index is 2.25. The van der Waals surface area contributed by atoms with Crippen molar-refractivity contribution in [2.45, 2.75) is 18.9 Å². The lowest BCUT2D eigenvalue weighted by Crippen LogP contribution is -2.42. The molecule has 0 spiro atoms. The second-order valence-corrected chi connectivity index (χ2v) is 4.25. The smallest absolute Gasteiger partial charge is 0.338 e. The predicted octanol–water partition coefficient (Wildman–Crippen LogP) is 0.377. The SMILES string of the molecule is O=C(O)c1cccnc1C(=O)N1CCCC(O)C1. The maximum atomic E-state index is 12.2. The lowest BCUT2D eigenvalue weighted by Gasteiger charge is -2.30. The van der Waals surface area contributed by atoms with Crippen molar-refractivity contribution >= 4 is 11.9 Å². The summed E-state index contributed by atoms with van der Waals surface area (Å²) in [6.07, 6.45) is 2.22. The van der Waals surface area contributed by atoms with Gasteiger partial charge in [0.05, 0.1) is 11.7 Å². The third-order valence-electron chi connectivity index (χ3n) is 2.92. The second-order valence-electron chi connectivity index (χ2n) is 4.25. The highest BCUT2D eigenvalue weighted by Gasteiger charge is 2.26. The van der Waals surface area contributed by atoms with Crippen LogP contribution in [-0.2, 0) is 0 Å².